The van der Waals surface area contributed by atoms with E-state index >= 15 is 0 Å². The van der Waals surface area contributed by atoms with Crippen molar-refractivity contribution in [3.05, 3.63) is 21.9 Å². The van der Waals surface area contributed by atoms with Gasteiger partial charge in [0.05, 0.1) is 10.6 Å². The predicted molar refractivity (Wildman–Crippen MR) is 71.2 cm³/mol. The van der Waals surface area contributed by atoms with Gasteiger partial charge in [0.25, 0.3) is 5.91 Å². The number of carbonyl (C=O) groups excluding carboxylic acids is 1. The number of aromatic amines is 1. The Morgan fingerprint density at radius 2 is 2.06 bits per heavy atom. The number of rotatable bonds is 3. The number of halogens is 2. The molecule has 1 aliphatic rings. The lowest BCUT2D eigenvalue weighted by Gasteiger charge is -2.32. The summed E-state index contributed by atoms with van der Waals surface area (Å²) in [6.45, 7) is 0.264. The monoisotopic (exact) mass is 290 g/mol. The van der Waals surface area contributed by atoms with Crippen molar-refractivity contribution in [1.29, 1.82) is 0 Å². The SMILES string of the molecule is O=C(NCC1(O)CCCCC1)c1cc(Cl)c(Cl)[nH]1. The van der Waals surface area contributed by atoms with Gasteiger partial charge in [0.15, 0.2) is 0 Å². The van der Waals surface area contributed by atoms with Crippen molar-refractivity contribution in [3.63, 3.8) is 0 Å². The zero-order valence-corrected chi connectivity index (χ0v) is 11.4. The molecule has 1 aromatic rings. The zero-order chi connectivity index (χ0) is 13.2. The van der Waals surface area contributed by atoms with Crippen LogP contribution in [-0.2, 0) is 0 Å². The Bertz CT molecular complexity index is 420. The van der Waals surface area contributed by atoms with Gasteiger partial charge in [-0.2, -0.15) is 0 Å². The highest BCUT2D eigenvalue weighted by atomic mass is 35.5. The van der Waals surface area contributed by atoms with Gasteiger partial charge in [-0.15, -0.1) is 0 Å². The van der Waals surface area contributed by atoms with Crippen LogP contribution in [0.4, 0.5) is 0 Å². The second-order valence-corrected chi connectivity index (χ2v) is 5.60. The third-order valence-corrected chi connectivity index (χ3v) is 4.02. The average molecular weight is 291 g/mol. The Hall–Kier alpha value is -0.710. The third kappa shape index (κ3) is 3.19. The van der Waals surface area contributed by atoms with Crippen LogP contribution in [0.2, 0.25) is 10.2 Å². The summed E-state index contributed by atoms with van der Waals surface area (Å²) in [7, 11) is 0. The maximum atomic E-state index is 11.8. The highest BCUT2D eigenvalue weighted by Crippen LogP contribution is 2.27. The molecule has 0 saturated heterocycles. The fraction of sp³-hybridized carbons (Fsp3) is 0.583. The summed E-state index contributed by atoms with van der Waals surface area (Å²) in [5, 5.41) is 13.5. The van der Waals surface area contributed by atoms with E-state index in [0.29, 0.717) is 10.7 Å². The molecule has 0 atom stereocenters. The Balaban J connectivity index is 1.91. The second kappa shape index (κ2) is 5.51. The molecule has 2 rings (SSSR count). The van der Waals surface area contributed by atoms with Gasteiger partial charge in [-0.3, -0.25) is 4.79 Å². The molecule has 1 heterocycles. The van der Waals surface area contributed by atoms with Crippen molar-refractivity contribution in [1.82, 2.24) is 10.3 Å². The Morgan fingerprint density at radius 3 is 2.61 bits per heavy atom. The van der Waals surface area contributed by atoms with Crippen LogP contribution in [0.1, 0.15) is 42.6 Å². The molecule has 1 aromatic heterocycles. The molecule has 0 radical (unpaired) electrons. The zero-order valence-electron chi connectivity index (χ0n) is 9.93. The van der Waals surface area contributed by atoms with Crippen LogP contribution in [0.25, 0.3) is 0 Å². The maximum absolute atomic E-state index is 11.8. The van der Waals surface area contributed by atoms with Crippen LogP contribution in [0.3, 0.4) is 0 Å². The van der Waals surface area contributed by atoms with Gasteiger partial charge in [0.1, 0.15) is 10.8 Å². The molecule has 4 nitrogen and oxygen atoms in total. The van der Waals surface area contributed by atoms with E-state index < -0.39 is 5.60 Å². The first-order valence-corrected chi connectivity index (χ1v) is 6.80. The van der Waals surface area contributed by atoms with Gasteiger partial charge in [-0.1, -0.05) is 42.5 Å². The normalized spacial score (nSPS) is 18.6. The molecular weight excluding hydrogens is 275 g/mol. The molecule has 100 valence electrons. The first kappa shape index (κ1) is 13.7. The molecule has 1 aliphatic carbocycles. The van der Waals surface area contributed by atoms with E-state index in [4.69, 9.17) is 23.2 Å². The largest absolute Gasteiger partial charge is 0.388 e. The molecule has 1 saturated carbocycles. The number of hydrogen-bond donors (Lipinski definition) is 3. The molecule has 0 bridgehead atoms. The summed E-state index contributed by atoms with van der Waals surface area (Å²) >= 11 is 11.5. The van der Waals surface area contributed by atoms with E-state index in [0.717, 1.165) is 32.1 Å². The quantitative estimate of drug-likeness (QED) is 0.801. The van der Waals surface area contributed by atoms with Crippen LogP contribution >= 0.6 is 23.2 Å². The van der Waals surface area contributed by atoms with Crippen molar-refractivity contribution in [2.75, 3.05) is 6.54 Å². The van der Waals surface area contributed by atoms with Gasteiger partial charge >= 0.3 is 0 Å². The highest BCUT2D eigenvalue weighted by Gasteiger charge is 2.29. The van der Waals surface area contributed by atoms with Crippen molar-refractivity contribution in [2.24, 2.45) is 0 Å². The standard InChI is InChI=1S/C12H16Cl2N2O2/c13-8-6-9(16-10(8)14)11(17)15-7-12(18)4-2-1-3-5-12/h6,16,18H,1-5,7H2,(H,15,17). The van der Waals surface area contributed by atoms with Crippen molar-refractivity contribution >= 4 is 29.1 Å². The summed E-state index contributed by atoms with van der Waals surface area (Å²) in [6.07, 6.45) is 4.64. The Morgan fingerprint density at radius 1 is 1.39 bits per heavy atom. The minimum atomic E-state index is -0.770. The van der Waals surface area contributed by atoms with Crippen LogP contribution in [0.5, 0.6) is 0 Å². The molecule has 3 N–H and O–H groups in total. The fourth-order valence-electron chi connectivity index (χ4n) is 2.25. The highest BCUT2D eigenvalue weighted by molar-refractivity contribution is 6.41. The lowest BCUT2D eigenvalue weighted by Crippen LogP contribution is -2.44. The number of nitrogens with one attached hydrogen (secondary N) is 2. The molecular formula is C12H16Cl2N2O2. The van der Waals surface area contributed by atoms with Crippen molar-refractivity contribution in [2.45, 2.75) is 37.7 Å². The number of hydrogen-bond acceptors (Lipinski definition) is 2. The first-order chi connectivity index (χ1) is 8.50. The number of amides is 1. The predicted octanol–water partition coefficient (Wildman–Crippen LogP) is 2.75. The Labute approximate surface area is 116 Å². The van der Waals surface area contributed by atoms with Gasteiger partial charge < -0.3 is 15.4 Å². The lowest BCUT2D eigenvalue weighted by atomic mass is 9.85. The van der Waals surface area contributed by atoms with Crippen LogP contribution < -0.4 is 5.32 Å². The minimum absolute atomic E-state index is 0.248. The second-order valence-electron chi connectivity index (χ2n) is 4.81. The maximum Gasteiger partial charge on any atom is 0.267 e. The average Bonchev–Trinajstić information content (AvgIpc) is 2.68. The smallest absolute Gasteiger partial charge is 0.267 e. The Kier molecular flexibility index (Phi) is 4.20. The van der Waals surface area contributed by atoms with E-state index in [1.165, 1.54) is 6.07 Å². The van der Waals surface area contributed by atoms with E-state index in [1.807, 2.05) is 0 Å². The van der Waals surface area contributed by atoms with Crippen LogP contribution in [0.15, 0.2) is 6.07 Å². The summed E-state index contributed by atoms with van der Waals surface area (Å²) in [5.41, 5.74) is -0.460. The summed E-state index contributed by atoms with van der Waals surface area (Å²) in [4.78, 5) is 14.5. The van der Waals surface area contributed by atoms with Crippen LogP contribution in [0, 0.1) is 0 Å². The van der Waals surface area contributed by atoms with E-state index in [-0.39, 0.29) is 17.6 Å². The topological polar surface area (TPSA) is 65.1 Å². The van der Waals surface area contributed by atoms with E-state index in [2.05, 4.69) is 10.3 Å². The molecule has 0 spiro atoms. The summed E-state index contributed by atoms with van der Waals surface area (Å²) in [6, 6.07) is 1.48. The summed E-state index contributed by atoms with van der Waals surface area (Å²) < 4.78 is 0. The number of aromatic nitrogens is 1. The van der Waals surface area contributed by atoms with Crippen molar-refractivity contribution < 1.29 is 9.90 Å². The van der Waals surface area contributed by atoms with Gasteiger partial charge in [-0.25, -0.2) is 0 Å². The first-order valence-electron chi connectivity index (χ1n) is 6.05. The molecule has 1 fully saturated rings. The molecule has 1 amide bonds. The van der Waals surface area contributed by atoms with Gasteiger partial charge in [0.2, 0.25) is 0 Å². The number of H-pyrrole nitrogens is 1. The summed E-state index contributed by atoms with van der Waals surface area (Å²) in [5.74, 6) is -0.303. The number of carbonyl (C=O) groups is 1. The molecule has 0 aromatic carbocycles. The van der Waals surface area contributed by atoms with E-state index in [1.54, 1.807) is 0 Å². The van der Waals surface area contributed by atoms with Gasteiger partial charge in [0, 0.05) is 6.54 Å². The number of aliphatic hydroxyl groups is 1. The molecule has 0 aliphatic heterocycles. The molecule has 6 heteroatoms. The third-order valence-electron chi connectivity index (χ3n) is 3.33. The molecule has 18 heavy (non-hydrogen) atoms. The van der Waals surface area contributed by atoms with Crippen LogP contribution in [-0.4, -0.2) is 28.1 Å². The van der Waals surface area contributed by atoms with Gasteiger partial charge in [-0.05, 0) is 18.9 Å². The minimum Gasteiger partial charge on any atom is -0.388 e. The fourth-order valence-corrected chi connectivity index (χ4v) is 2.57. The molecule has 0 unspecified atom stereocenters. The lowest BCUT2D eigenvalue weighted by molar-refractivity contribution is 0.00522. The van der Waals surface area contributed by atoms with Crippen molar-refractivity contribution in [3.8, 4) is 0 Å². The van der Waals surface area contributed by atoms with E-state index in [9.17, 15) is 9.90 Å².